The van der Waals surface area contributed by atoms with Crippen molar-refractivity contribution in [1.29, 1.82) is 0 Å². The maximum atomic E-state index is 12.3. The zero-order chi connectivity index (χ0) is 19.1. The van der Waals surface area contributed by atoms with Crippen molar-refractivity contribution in [3.05, 3.63) is 52.5 Å². The Morgan fingerprint density at radius 3 is 2.63 bits per heavy atom. The molecule has 0 radical (unpaired) electrons. The summed E-state index contributed by atoms with van der Waals surface area (Å²) in [7, 11) is 0. The van der Waals surface area contributed by atoms with Gasteiger partial charge in [-0.3, -0.25) is 19.4 Å². The third kappa shape index (κ3) is 5.37. The summed E-state index contributed by atoms with van der Waals surface area (Å²) < 4.78 is 0. The van der Waals surface area contributed by atoms with Crippen molar-refractivity contribution in [2.24, 2.45) is 0 Å². The monoisotopic (exact) mass is 386 g/mol. The number of nitrogens with zero attached hydrogens (tertiary/aromatic N) is 2. The van der Waals surface area contributed by atoms with Gasteiger partial charge in [0.2, 0.25) is 5.91 Å². The van der Waals surface area contributed by atoms with Crippen LogP contribution in [0.25, 0.3) is 0 Å². The van der Waals surface area contributed by atoms with Crippen LogP contribution in [0.15, 0.2) is 42.0 Å². The van der Waals surface area contributed by atoms with E-state index in [2.05, 4.69) is 15.6 Å². The molecule has 2 N–H and O–H groups in total. The van der Waals surface area contributed by atoms with Gasteiger partial charge in [-0.25, -0.2) is 0 Å². The van der Waals surface area contributed by atoms with Gasteiger partial charge >= 0.3 is 0 Å². The highest BCUT2D eigenvalue weighted by atomic mass is 32.1. The van der Waals surface area contributed by atoms with Crippen LogP contribution in [0.2, 0.25) is 0 Å². The van der Waals surface area contributed by atoms with Gasteiger partial charge in [0.25, 0.3) is 11.8 Å². The lowest BCUT2D eigenvalue weighted by molar-refractivity contribution is -0.132. The van der Waals surface area contributed by atoms with E-state index in [0.29, 0.717) is 30.1 Å². The van der Waals surface area contributed by atoms with Gasteiger partial charge in [0.15, 0.2) is 0 Å². The van der Waals surface area contributed by atoms with Crippen LogP contribution in [-0.4, -0.2) is 53.3 Å². The molecule has 2 aromatic rings. The van der Waals surface area contributed by atoms with E-state index in [4.69, 9.17) is 0 Å². The summed E-state index contributed by atoms with van der Waals surface area (Å²) in [6.45, 7) is 1.54. The van der Waals surface area contributed by atoms with Gasteiger partial charge in [0.05, 0.1) is 10.4 Å². The van der Waals surface area contributed by atoms with Gasteiger partial charge in [-0.15, -0.1) is 11.3 Å². The summed E-state index contributed by atoms with van der Waals surface area (Å²) in [5, 5.41) is 7.61. The molecule has 0 aromatic carbocycles. The molecule has 0 aliphatic carbocycles. The third-order valence-electron chi connectivity index (χ3n) is 4.48. The molecule has 3 amide bonds. The number of rotatable bonds is 6. The molecule has 2 aromatic heterocycles. The summed E-state index contributed by atoms with van der Waals surface area (Å²) in [6.07, 6.45) is 4.89. The number of aromatic nitrogens is 1. The highest BCUT2D eigenvalue weighted by molar-refractivity contribution is 7.12. The van der Waals surface area contributed by atoms with Crippen LogP contribution in [-0.2, 0) is 4.79 Å². The Labute approximate surface area is 161 Å². The van der Waals surface area contributed by atoms with E-state index in [1.54, 1.807) is 35.5 Å². The normalized spacial score (nSPS) is 14.6. The maximum absolute atomic E-state index is 12.3. The first-order chi connectivity index (χ1) is 13.1. The molecule has 0 saturated carbocycles. The van der Waals surface area contributed by atoms with E-state index < -0.39 is 0 Å². The van der Waals surface area contributed by atoms with E-state index in [-0.39, 0.29) is 30.2 Å². The molecule has 1 aliphatic heterocycles. The number of hydrogen-bond donors (Lipinski definition) is 2. The molecule has 7 nitrogen and oxygen atoms in total. The Hall–Kier alpha value is -2.74. The second-order valence-corrected chi connectivity index (χ2v) is 7.30. The maximum Gasteiger partial charge on any atom is 0.261 e. The quantitative estimate of drug-likeness (QED) is 0.790. The van der Waals surface area contributed by atoms with E-state index in [1.165, 1.54) is 11.3 Å². The Kier molecular flexibility index (Phi) is 6.54. The number of amides is 3. The van der Waals surface area contributed by atoms with Crippen molar-refractivity contribution in [3.8, 4) is 0 Å². The van der Waals surface area contributed by atoms with Gasteiger partial charge in [-0.05, 0) is 36.4 Å². The smallest absolute Gasteiger partial charge is 0.261 e. The lowest BCUT2D eigenvalue weighted by Crippen LogP contribution is -2.47. The van der Waals surface area contributed by atoms with Crippen molar-refractivity contribution >= 4 is 29.1 Å². The molecule has 0 unspecified atom stereocenters. The zero-order valence-electron chi connectivity index (χ0n) is 14.9. The van der Waals surface area contributed by atoms with Crippen molar-refractivity contribution in [1.82, 2.24) is 20.5 Å². The highest BCUT2D eigenvalue weighted by Crippen LogP contribution is 2.12. The molecule has 1 saturated heterocycles. The number of hydrogen-bond acceptors (Lipinski definition) is 5. The largest absolute Gasteiger partial charge is 0.351 e. The second kappa shape index (κ2) is 9.27. The SMILES string of the molecule is O=C(NC1CCN(C(=O)CCNC(=O)c2cccs2)CC1)c1cccnc1. The Bertz CT molecular complexity index is 772. The first-order valence-corrected chi connectivity index (χ1v) is 9.82. The predicted molar refractivity (Wildman–Crippen MR) is 103 cm³/mol. The van der Waals surface area contributed by atoms with Crippen LogP contribution >= 0.6 is 11.3 Å². The molecule has 0 spiro atoms. The van der Waals surface area contributed by atoms with Crippen LogP contribution in [0.1, 0.15) is 39.3 Å². The van der Waals surface area contributed by atoms with Crippen molar-refractivity contribution in [2.45, 2.75) is 25.3 Å². The van der Waals surface area contributed by atoms with Crippen molar-refractivity contribution in [3.63, 3.8) is 0 Å². The number of thiophene rings is 1. The fourth-order valence-electron chi connectivity index (χ4n) is 2.97. The summed E-state index contributed by atoms with van der Waals surface area (Å²) in [5.74, 6) is -0.252. The van der Waals surface area contributed by atoms with E-state index in [1.807, 2.05) is 11.4 Å². The van der Waals surface area contributed by atoms with Crippen molar-refractivity contribution in [2.75, 3.05) is 19.6 Å². The van der Waals surface area contributed by atoms with E-state index >= 15 is 0 Å². The first kappa shape index (κ1) is 19.0. The second-order valence-electron chi connectivity index (χ2n) is 6.35. The summed E-state index contributed by atoms with van der Waals surface area (Å²) in [5.41, 5.74) is 0.539. The Balaban J connectivity index is 1.36. The fourth-order valence-corrected chi connectivity index (χ4v) is 3.62. The van der Waals surface area contributed by atoms with E-state index in [0.717, 1.165) is 12.8 Å². The summed E-state index contributed by atoms with van der Waals surface area (Å²) in [4.78, 5) is 42.7. The van der Waals surface area contributed by atoms with Crippen LogP contribution < -0.4 is 10.6 Å². The molecule has 3 heterocycles. The molecular weight excluding hydrogens is 364 g/mol. The minimum atomic E-state index is -0.144. The average Bonchev–Trinajstić information content (AvgIpc) is 3.24. The topological polar surface area (TPSA) is 91.4 Å². The van der Waals surface area contributed by atoms with Gasteiger partial charge in [-0.1, -0.05) is 6.07 Å². The Morgan fingerprint density at radius 1 is 1.15 bits per heavy atom. The first-order valence-electron chi connectivity index (χ1n) is 8.94. The van der Waals surface area contributed by atoms with Gasteiger partial charge < -0.3 is 15.5 Å². The fraction of sp³-hybridized carbons (Fsp3) is 0.368. The third-order valence-corrected chi connectivity index (χ3v) is 5.34. The predicted octanol–water partition coefficient (Wildman–Crippen LogP) is 1.68. The summed E-state index contributed by atoms with van der Waals surface area (Å²) in [6, 6.07) is 7.09. The summed E-state index contributed by atoms with van der Waals surface area (Å²) >= 11 is 1.38. The molecule has 3 rings (SSSR count). The number of carbonyl (C=O) groups excluding carboxylic acids is 3. The number of carbonyl (C=O) groups is 3. The Morgan fingerprint density at radius 2 is 1.96 bits per heavy atom. The average molecular weight is 386 g/mol. The lowest BCUT2D eigenvalue weighted by atomic mass is 10.0. The number of piperidine rings is 1. The molecule has 1 aliphatic rings. The van der Waals surface area contributed by atoms with Crippen LogP contribution in [0.3, 0.4) is 0 Å². The van der Waals surface area contributed by atoms with Crippen LogP contribution in [0.4, 0.5) is 0 Å². The molecule has 1 fully saturated rings. The van der Waals surface area contributed by atoms with Crippen LogP contribution in [0, 0.1) is 0 Å². The number of nitrogens with one attached hydrogen (secondary N) is 2. The van der Waals surface area contributed by atoms with Crippen molar-refractivity contribution < 1.29 is 14.4 Å². The van der Waals surface area contributed by atoms with Gasteiger partial charge in [-0.2, -0.15) is 0 Å². The molecule has 8 heteroatoms. The number of pyridine rings is 1. The minimum absolute atomic E-state index is 0.0264. The van der Waals surface area contributed by atoms with E-state index in [9.17, 15) is 14.4 Å². The standard InChI is InChI=1S/C19H22N4O3S/c24-17(5-9-21-19(26)16-4-2-12-27-16)23-10-6-15(7-11-23)22-18(25)14-3-1-8-20-13-14/h1-4,8,12-13,15H,5-7,9-11H2,(H,21,26)(H,22,25). The van der Waals surface area contributed by atoms with Gasteiger partial charge in [0.1, 0.15) is 0 Å². The molecule has 27 heavy (non-hydrogen) atoms. The molecular formula is C19H22N4O3S. The highest BCUT2D eigenvalue weighted by Gasteiger charge is 2.24. The number of likely N-dealkylation sites (tertiary alicyclic amines) is 1. The van der Waals surface area contributed by atoms with Crippen LogP contribution in [0.5, 0.6) is 0 Å². The van der Waals surface area contributed by atoms with Gasteiger partial charge in [0, 0.05) is 44.5 Å². The lowest BCUT2D eigenvalue weighted by Gasteiger charge is -2.32. The molecule has 0 bridgehead atoms. The minimum Gasteiger partial charge on any atom is -0.351 e. The zero-order valence-corrected chi connectivity index (χ0v) is 15.7. The molecule has 0 atom stereocenters. The molecule has 142 valence electrons.